The Morgan fingerprint density at radius 3 is 2.68 bits per heavy atom. The van der Waals surface area contributed by atoms with Gasteiger partial charge in [-0.05, 0) is 56.2 Å². The Hall–Kier alpha value is -2.73. The predicted octanol–water partition coefficient (Wildman–Crippen LogP) is 4.55. The van der Waals surface area contributed by atoms with E-state index in [1.54, 1.807) is 19.2 Å². The number of benzene rings is 1. The van der Waals surface area contributed by atoms with Crippen LogP contribution in [0.3, 0.4) is 0 Å². The van der Waals surface area contributed by atoms with Crippen LogP contribution in [-0.4, -0.2) is 51.2 Å². The fourth-order valence-electron chi connectivity index (χ4n) is 4.50. The molecule has 0 bridgehead atoms. The van der Waals surface area contributed by atoms with Gasteiger partial charge in [-0.15, -0.1) is 0 Å². The molecule has 1 N–H and O–H groups in total. The van der Waals surface area contributed by atoms with Crippen LogP contribution in [0.4, 0.5) is 14.6 Å². The van der Waals surface area contributed by atoms with Gasteiger partial charge in [-0.25, -0.2) is 18.7 Å². The number of nitrogens with zero attached hydrogens (tertiary/aromatic N) is 4. The van der Waals surface area contributed by atoms with Gasteiger partial charge in [0.2, 0.25) is 5.91 Å². The summed E-state index contributed by atoms with van der Waals surface area (Å²) in [6.07, 6.45) is 3.30. The van der Waals surface area contributed by atoms with Crippen molar-refractivity contribution in [3.05, 3.63) is 53.0 Å². The third kappa shape index (κ3) is 4.74. The van der Waals surface area contributed by atoms with Crippen molar-refractivity contribution in [2.45, 2.75) is 39.7 Å². The molecule has 5 rings (SSSR count). The van der Waals surface area contributed by atoms with Gasteiger partial charge in [0.25, 0.3) is 6.43 Å². The molecule has 0 radical (unpaired) electrons. The third-order valence-electron chi connectivity index (χ3n) is 6.69. The van der Waals surface area contributed by atoms with Crippen LogP contribution in [0.5, 0.6) is 0 Å². The first kappa shape index (κ1) is 23.0. The summed E-state index contributed by atoms with van der Waals surface area (Å²) in [5, 5.41) is 4.24. The minimum absolute atomic E-state index is 0.0591. The van der Waals surface area contributed by atoms with Gasteiger partial charge in [-0.3, -0.25) is 9.78 Å². The van der Waals surface area contributed by atoms with Crippen LogP contribution in [0, 0.1) is 19.8 Å². The Bertz CT molecular complexity index is 1230. The van der Waals surface area contributed by atoms with Crippen molar-refractivity contribution < 1.29 is 13.6 Å². The molecule has 0 spiro atoms. The largest absolute Gasteiger partial charge is 0.365 e. The van der Waals surface area contributed by atoms with E-state index in [4.69, 9.17) is 4.98 Å². The van der Waals surface area contributed by atoms with E-state index in [1.807, 2.05) is 17.9 Å². The first-order valence-corrected chi connectivity index (χ1v) is 13.4. The van der Waals surface area contributed by atoms with E-state index >= 15 is 0 Å². The van der Waals surface area contributed by atoms with Gasteiger partial charge in [0.1, 0.15) is 11.6 Å². The van der Waals surface area contributed by atoms with Gasteiger partial charge in [-0.2, -0.15) is 0 Å². The fraction of sp³-hybridized carbons (Fsp3) is 0.440. The second-order valence-corrected chi connectivity index (χ2v) is 11.5. The minimum atomic E-state index is -2.50. The molecular weight excluding hydrogens is 455 g/mol. The van der Waals surface area contributed by atoms with Crippen molar-refractivity contribution in [3.63, 3.8) is 0 Å². The van der Waals surface area contributed by atoms with E-state index in [0.29, 0.717) is 29.7 Å². The quantitative estimate of drug-likeness (QED) is 0.521. The third-order valence-corrected chi connectivity index (χ3v) is 9.06. The summed E-state index contributed by atoms with van der Waals surface area (Å²) in [7, 11) is -0.452. The second kappa shape index (κ2) is 9.49. The van der Waals surface area contributed by atoms with Crippen LogP contribution in [-0.2, 0) is 11.3 Å². The number of pyridine rings is 1. The Balaban J connectivity index is 1.36. The Morgan fingerprint density at radius 1 is 1.21 bits per heavy atom. The van der Waals surface area contributed by atoms with E-state index in [0.717, 1.165) is 60.2 Å². The monoisotopic (exact) mass is 483 g/mol. The Kier molecular flexibility index (Phi) is 6.43. The molecule has 1 aliphatic carbocycles. The van der Waals surface area contributed by atoms with Crippen molar-refractivity contribution in [2.24, 2.45) is 5.92 Å². The number of hydrogen-bond donors (Lipinski definition) is 1. The fourth-order valence-corrected chi connectivity index (χ4v) is 6.68. The lowest BCUT2D eigenvalue weighted by Gasteiger charge is -2.32. The van der Waals surface area contributed by atoms with Crippen molar-refractivity contribution in [2.75, 3.05) is 30.7 Å². The predicted molar refractivity (Wildman–Crippen MR) is 131 cm³/mol. The molecule has 1 aromatic carbocycles. The van der Waals surface area contributed by atoms with E-state index in [-0.39, 0.29) is 11.5 Å². The normalized spacial score (nSPS) is 16.9. The van der Waals surface area contributed by atoms with Gasteiger partial charge in [0.05, 0.1) is 17.1 Å². The molecule has 6 nitrogen and oxygen atoms in total. The number of halogens is 2. The lowest BCUT2D eigenvalue weighted by molar-refractivity contribution is -0.132. The number of alkyl halides is 2. The van der Waals surface area contributed by atoms with Crippen LogP contribution < -0.4 is 10.8 Å². The number of rotatable bonds is 6. The lowest BCUT2D eigenvalue weighted by Crippen LogP contribution is -2.41. The summed E-state index contributed by atoms with van der Waals surface area (Å²) in [6.45, 7) is 5.55. The van der Waals surface area contributed by atoms with Gasteiger partial charge in [-0.1, -0.05) is 26.1 Å². The maximum Gasteiger partial charge on any atom is 0.264 e. The summed E-state index contributed by atoms with van der Waals surface area (Å²) < 4.78 is 26.6. The summed E-state index contributed by atoms with van der Waals surface area (Å²) in [5.41, 5.74) is 3.28. The zero-order valence-corrected chi connectivity index (χ0v) is 20.3. The van der Waals surface area contributed by atoms with Gasteiger partial charge in [0, 0.05) is 36.5 Å². The van der Waals surface area contributed by atoms with Crippen molar-refractivity contribution in [3.8, 4) is 0 Å². The average Bonchev–Trinajstić information content (AvgIpc) is 3.68. The number of amides is 1. The number of aryl methyl sites for hydroxylation is 1. The molecule has 1 amide bonds. The van der Waals surface area contributed by atoms with Gasteiger partial charge >= 0.3 is 0 Å². The molecule has 2 aromatic heterocycles. The zero-order chi connectivity index (χ0) is 23.8. The van der Waals surface area contributed by atoms with E-state index in [9.17, 15) is 13.6 Å². The minimum Gasteiger partial charge on any atom is -0.365 e. The molecule has 34 heavy (non-hydrogen) atoms. The smallest absolute Gasteiger partial charge is 0.264 e. The van der Waals surface area contributed by atoms with Crippen LogP contribution >= 0.6 is 7.92 Å². The second-order valence-electron chi connectivity index (χ2n) is 9.05. The first-order valence-electron chi connectivity index (χ1n) is 11.7. The van der Waals surface area contributed by atoms with Crippen LogP contribution in [0.25, 0.3) is 10.9 Å². The zero-order valence-electron chi connectivity index (χ0n) is 19.4. The summed E-state index contributed by atoms with van der Waals surface area (Å²) >= 11 is 0. The van der Waals surface area contributed by atoms with Gasteiger partial charge < -0.3 is 10.2 Å². The number of nitrogens with one attached hydrogen (secondary N) is 1. The highest BCUT2D eigenvalue weighted by Crippen LogP contribution is 2.39. The first-order chi connectivity index (χ1) is 16.4. The van der Waals surface area contributed by atoms with Crippen LogP contribution in [0.1, 0.15) is 41.8 Å². The molecule has 2 fully saturated rings. The Labute approximate surface area is 198 Å². The van der Waals surface area contributed by atoms with Crippen molar-refractivity contribution in [1.82, 2.24) is 19.9 Å². The van der Waals surface area contributed by atoms with Gasteiger partial charge in [0.15, 0.2) is 0 Å². The molecular formula is C25H28F2N5OP. The molecule has 3 aromatic rings. The SMILES string of the molecule is Cc1nc(NCc2cccc(C(F)F)c2C)c2cc(P3CCN(C(=O)C4CC4)CC3)ncc2n1. The maximum atomic E-state index is 13.3. The molecule has 178 valence electrons. The number of carbonyl (C=O) groups is 1. The highest BCUT2D eigenvalue weighted by Gasteiger charge is 2.35. The van der Waals surface area contributed by atoms with E-state index < -0.39 is 14.3 Å². The maximum absolute atomic E-state index is 13.3. The molecule has 0 atom stereocenters. The number of aromatic nitrogens is 3. The van der Waals surface area contributed by atoms with Crippen LogP contribution in [0.2, 0.25) is 0 Å². The molecule has 1 saturated heterocycles. The highest BCUT2D eigenvalue weighted by atomic mass is 31.1. The summed E-state index contributed by atoms with van der Waals surface area (Å²) in [6, 6.07) is 7.07. The van der Waals surface area contributed by atoms with E-state index in [1.165, 1.54) is 6.07 Å². The number of hydrogen-bond acceptors (Lipinski definition) is 5. The molecule has 3 heterocycles. The highest BCUT2D eigenvalue weighted by molar-refractivity contribution is 7.65. The van der Waals surface area contributed by atoms with Crippen molar-refractivity contribution >= 4 is 36.0 Å². The molecule has 2 aliphatic rings. The molecule has 1 saturated carbocycles. The van der Waals surface area contributed by atoms with Crippen LogP contribution in [0.15, 0.2) is 30.5 Å². The topological polar surface area (TPSA) is 71.0 Å². The number of carbonyl (C=O) groups excluding carboxylic acids is 1. The lowest BCUT2D eigenvalue weighted by atomic mass is 10.0. The summed E-state index contributed by atoms with van der Waals surface area (Å²) in [4.78, 5) is 28.3. The van der Waals surface area contributed by atoms with Crippen molar-refractivity contribution in [1.29, 1.82) is 0 Å². The molecule has 0 unspecified atom stereocenters. The molecule has 9 heteroatoms. The molecule has 1 aliphatic heterocycles. The number of anilines is 1. The number of fused-ring (bicyclic) bond motifs is 1. The summed E-state index contributed by atoms with van der Waals surface area (Å²) in [5.74, 6) is 1.90. The standard InChI is InChI=1S/C25H28F2N5OP/c1-15-18(4-3-5-19(15)23(26)27)13-29-24-20-12-22(28-14-21(20)30-16(2)31-24)34-10-8-32(9-11-34)25(33)17-6-7-17/h3-5,12,14,17,23H,6-11,13H2,1-2H3,(H,29,30,31). The Morgan fingerprint density at radius 2 is 1.97 bits per heavy atom. The average molecular weight is 484 g/mol. The van der Waals surface area contributed by atoms with E-state index in [2.05, 4.69) is 21.4 Å².